The lowest BCUT2D eigenvalue weighted by molar-refractivity contribution is -0.146. The van der Waals surface area contributed by atoms with Crippen LogP contribution in [0.1, 0.15) is 34.1 Å². The summed E-state index contributed by atoms with van der Waals surface area (Å²) in [7, 11) is 0. The standard InChI is InChI=1S/C11H23NO3/c1-8(2)5-10(13)6-12-7-11(14)15-9(3)4/h8-10,12-13H,5-7H2,1-4H3. The second-order valence-electron chi connectivity index (χ2n) is 4.45. The van der Waals surface area contributed by atoms with Crippen molar-refractivity contribution in [3.05, 3.63) is 0 Å². The highest BCUT2D eigenvalue weighted by molar-refractivity contribution is 5.71. The second-order valence-corrected chi connectivity index (χ2v) is 4.45. The highest BCUT2D eigenvalue weighted by Crippen LogP contribution is 2.02. The zero-order valence-corrected chi connectivity index (χ0v) is 10.1. The first-order chi connectivity index (χ1) is 6.91. The number of nitrogens with one attached hydrogen (secondary N) is 1. The average Bonchev–Trinajstić information content (AvgIpc) is 2.00. The Bertz CT molecular complexity index is 181. The third-order valence-corrected chi connectivity index (χ3v) is 1.76. The van der Waals surface area contributed by atoms with Crippen LogP contribution in [0.3, 0.4) is 0 Å². The van der Waals surface area contributed by atoms with Gasteiger partial charge in [0.1, 0.15) is 0 Å². The summed E-state index contributed by atoms with van der Waals surface area (Å²) < 4.78 is 4.93. The molecule has 1 atom stereocenters. The number of carbonyl (C=O) groups is 1. The molecule has 0 aliphatic heterocycles. The van der Waals surface area contributed by atoms with Crippen LogP contribution in [-0.2, 0) is 9.53 Å². The lowest BCUT2D eigenvalue weighted by Gasteiger charge is -2.14. The predicted molar refractivity (Wildman–Crippen MR) is 59.6 cm³/mol. The fraction of sp³-hybridized carbons (Fsp3) is 0.909. The van der Waals surface area contributed by atoms with E-state index in [1.165, 1.54) is 0 Å². The summed E-state index contributed by atoms with van der Waals surface area (Å²) >= 11 is 0. The van der Waals surface area contributed by atoms with E-state index in [2.05, 4.69) is 19.2 Å². The normalized spacial score (nSPS) is 13.3. The zero-order chi connectivity index (χ0) is 11.8. The third kappa shape index (κ3) is 9.69. The smallest absolute Gasteiger partial charge is 0.320 e. The molecule has 4 heteroatoms. The monoisotopic (exact) mass is 217 g/mol. The number of ether oxygens (including phenoxy) is 1. The first kappa shape index (κ1) is 14.4. The van der Waals surface area contributed by atoms with Crippen LogP contribution in [-0.4, -0.2) is 36.4 Å². The number of rotatable bonds is 7. The lowest BCUT2D eigenvalue weighted by Crippen LogP contribution is -2.33. The quantitative estimate of drug-likeness (QED) is 0.623. The van der Waals surface area contributed by atoms with Crippen LogP contribution in [0.25, 0.3) is 0 Å². The maximum Gasteiger partial charge on any atom is 0.320 e. The Hall–Kier alpha value is -0.610. The molecule has 0 aromatic rings. The van der Waals surface area contributed by atoms with Crippen molar-refractivity contribution in [1.82, 2.24) is 5.32 Å². The fourth-order valence-electron chi connectivity index (χ4n) is 1.27. The maximum absolute atomic E-state index is 11.1. The number of aliphatic hydroxyl groups is 1. The number of hydrogen-bond acceptors (Lipinski definition) is 4. The van der Waals surface area contributed by atoms with Crippen molar-refractivity contribution in [2.24, 2.45) is 5.92 Å². The first-order valence-corrected chi connectivity index (χ1v) is 5.50. The van der Waals surface area contributed by atoms with Crippen molar-refractivity contribution in [2.75, 3.05) is 13.1 Å². The first-order valence-electron chi connectivity index (χ1n) is 5.50. The summed E-state index contributed by atoms with van der Waals surface area (Å²) in [6.45, 7) is 8.32. The highest BCUT2D eigenvalue weighted by atomic mass is 16.5. The van der Waals surface area contributed by atoms with Gasteiger partial charge in [0, 0.05) is 6.54 Å². The maximum atomic E-state index is 11.1. The van der Waals surface area contributed by atoms with Crippen LogP contribution in [0, 0.1) is 5.92 Å². The van der Waals surface area contributed by atoms with E-state index in [0.29, 0.717) is 12.5 Å². The van der Waals surface area contributed by atoms with Gasteiger partial charge in [0.15, 0.2) is 0 Å². The second kappa shape index (κ2) is 7.65. The van der Waals surface area contributed by atoms with Gasteiger partial charge in [-0.2, -0.15) is 0 Å². The van der Waals surface area contributed by atoms with E-state index >= 15 is 0 Å². The molecule has 90 valence electrons. The Balaban J connectivity index is 3.48. The molecule has 0 saturated heterocycles. The van der Waals surface area contributed by atoms with Crippen molar-refractivity contribution < 1.29 is 14.6 Å². The molecule has 1 unspecified atom stereocenters. The minimum absolute atomic E-state index is 0.0834. The Morgan fingerprint density at radius 2 is 1.93 bits per heavy atom. The molecule has 2 N–H and O–H groups in total. The van der Waals surface area contributed by atoms with Crippen LogP contribution < -0.4 is 5.32 Å². The topological polar surface area (TPSA) is 58.6 Å². The summed E-state index contributed by atoms with van der Waals surface area (Å²) in [5.74, 6) is 0.186. The van der Waals surface area contributed by atoms with Gasteiger partial charge in [0.25, 0.3) is 0 Å². The minimum Gasteiger partial charge on any atom is -0.462 e. The number of esters is 1. The van der Waals surface area contributed by atoms with Crippen LogP contribution >= 0.6 is 0 Å². The van der Waals surface area contributed by atoms with Gasteiger partial charge in [-0.3, -0.25) is 4.79 Å². The van der Waals surface area contributed by atoms with Gasteiger partial charge in [0.05, 0.1) is 18.8 Å². The molecule has 0 radical (unpaired) electrons. The molecule has 0 amide bonds. The summed E-state index contributed by atoms with van der Waals surface area (Å²) in [6.07, 6.45) is 0.267. The van der Waals surface area contributed by atoms with Crippen LogP contribution in [0.5, 0.6) is 0 Å². The molecule has 0 aromatic carbocycles. The van der Waals surface area contributed by atoms with E-state index in [1.807, 2.05) is 13.8 Å². The van der Waals surface area contributed by atoms with Crippen LogP contribution in [0.4, 0.5) is 0 Å². The van der Waals surface area contributed by atoms with Gasteiger partial charge in [-0.25, -0.2) is 0 Å². The van der Waals surface area contributed by atoms with Gasteiger partial charge in [-0.1, -0.05) is 13.8 Å². The largest absolute Gasteiger partial charge is 0.462 e. The molecular weight excluding hydrogens is 194 g/mol. The predicted octanol–water partition coefficient (Wildman–Crippen LogP) is 0.935. The molecule has 0 fully saturated rings. The molecule has 0 bridgehead atoms. The highest BCUT2D eigenvalue weighted by Gasteiger charge is 2.08. The van der Waals surface area contributed by atoms with Crippen LogP contribution in [0.2, 0.25) is 0 Å². The van der Waals surface area contributed by atoms with Gasteiger partial charge in [-0.05, 0) is 26.2 Å². The van der Waals surface area contributed by atoms with E-state index in [4.69, 9.17) is 4.74 Å². The van der Waals surface area contributed by atoms with Gasteiger partial charge in [0.2, 0.25) is 0 Å². The molecule has 0 aliphatic rings. The van der Waals surface area contributed by atoms with Gasteiger partial charge >= 0.3 is 5.97 Å². The van der Waals surface area contributed by atoms with Gasteiger partial charge < -0.3 is 15.2 Å². The van der Waals surface area contributed by atoms with Crippen molar-refractivity contribution in [2.45, 2.75) is 46.3 Å². The van der Waals surface area contributed by atoms with E-state index in [1.54, 1.807) is 0 Å². The van der Waals surface area contributed by atoms with Gasteiger partial charge in [-0.15, -0.1) is 0 Å². The van der Waals surface area contributed by atoms with Crippen molar-refractivity contribution in [1.29, 1.82) is 0 Å². The fourth-order valence-corrected chi connectivity index (χ4v) is 1.27. The lowest BCUT2D eigenvalue weighted by atomic mass is 10.1. The Kier molecular flexibility index (Phi) is 7.34. The molecular formula is C11H23NO3. The van der Waals surface area contributed by atoms with Crippen molar-refractivity contribution in [3.8, 4) is 0 Å². The van der Waals surface area contributed by atoms with E-state index in [0.717, 1.165) is 6.42 Å². The molecule has 0 saturated carbocycles. The average molecular weight is 217 g/mol. The Morgan fingerprint density at radius 3 is 2.40 bits per heavy atom. The van der Waals surface area contributed by atoms with E-state index in [-0.39, 0.29) is 18.6 Å². The molecule has 0 aliphatic carbocycles. The summed E-state index contributed by atoms with van der Waals surface area (Å²) in [5.41, 5.74) is 0. The van der Waals surface area contributed by atoms with E-state index in [9.17, 15) is 9.90 Å². The Morgan fingerprint density at radius 1 is 1.33 bits per heavy atom. The van der Waals surface area contributed by atoms with Crippen molar-refractivity contribution >= 4 is 5.97 Å². The van der Waals surface area contributed by atoms with Crippen molar-refractivity contribution in [3.63, 3.8) is 0 Å². The number of aliphatic hydroxyl groups excluding tert-OH is 1. The summed E-state index contributed by atoms with van der Waals surface area (Å²) in [6, 6.07) is 0. The number of carbonyl (C=O) groups excluding carboxylic acids is 1. The molecule has 0 heterocycles. The van der Waals surface area contributed by atoms with E-state index < -0.39 is 6.10 Å². The summed E-state index contributed by atoms with van der Waals surface area (Å²) in [5, 5.41) is 12.4. The minimum atomic E-state index is -0.392. The third-order valence-electron chi connectivity index (χ3n) is 1.76. The van der Waals surface area contributed by atoms with Crippen LogP contribution in [0.15, 0.2) is 0 Å². The number of hydrogen-bond donors (Lipinski definition) is 2. The Labute approximate surface area is 92.0 Å². The molecule has 0 spiro atoms. The molecule has 15 heavy (non-hydrogen) atoms. The zero-order valence-electron chi connectivity index (χ0n) is 10.1. The molecule has 4 nitrogen and oxygen atoms in total. The molecule has 0 rings (SSSR count). The molecule has 0 aromatic heterocycles. The SMILES string of the molecule is CC(C)CC(O)CNCC(=O)OC(C)C. The summed E-state index contributed by atoms with van der Waals surface area (Å²) in [4.78, 5) is 11.1.